The lowest BCUT2D eigenvalue weighted by atomic mass is 10.1. The van der Waals surface area contributed by atoms with Gasteiger partial charge in [-0.15, -0.1) is 0 Å². The van der Waals surface area contributed by atoms with Crippen molar-refractivity contribution < 1.29 is 8.42 Å². The number of thiophene rings is 1. The molecule has 1 aromatic heterocycles. The Hall–Kier alpha value is -1.21. The van der Waals surface area contributed by atoms with Crippen molar-refractivity contribution in [3.05, 3.63) is 58.3 Å². The molecule has 2 heterocycles. The molecular weight excluding hydrogens is 364 g/mol. The second-order valence-electron chi connectivity index (χ2n) is 6.93. The van der Waals surface area contributed by atoms with Gasteiger partial charge in [0.2, 0.25) is 10.0 Å². The Bertz CT molecular complexity index is 737. The number of nitrogens with one attached hydrogen (secondary N) is 1. The molecule has 0 radical (unpaired) electrons. The van der Waals surface area contributed by atoms with Gasteiger partial charge in [0.05, 0.1) is 5.75 Å². The summed E-state index contributed by atoms with van der Waals surface area (Å²) in [6.45, 7) is 2.55. The zero-order valence-electron chi connectivity index (χ0n) is 15.1. The Balaban J connectivity index is 1.61. The number of benzene rings is 1. The molecule has 1 atom stereocenters. The number of sulfonamides is 1. The van der Waals surface area contributed by atoms with E-state index in [2.05, 4.69) is 26.4 Å². The largest absolute Gasteiger partial charge is 0.295 e. The summed E-state index contributed by atoms with van der Waals surface area (Å²) in [6, 6.07) is 12.0. The monoisotopic (exact) mass is 392 g/mol. The number of aryl methyl sites for hydroxylation is 1. The van der Waals surface area contributed by atoms with E-state index in [1.54, 1.807) is 11.3 Å². The van der Waals surface area contributed by atoms with Crippen LogP contribution in [-0.2, 0) is 16.4 Å². The highest BCUT2D eigenvalue weighted by molar-refractivity contribution is 7.89. The molecule has 26 heavy (non-hydrogen) atoms. The molecular formula is C20H28N2O2S2. The van der Waals surface area contributed by atoms with Crippen molar-refractivity contribution in [2.75, 3.05) is 25.4 Å². The summed E-state index contributed by atoms with van der Waals surface area (Å²) in [7, 11) is -3.29. The molecule has 2 aromatic rings. The lowest BCUT2D eigenvalue weighted by Gasteiger charge is -2.30. The maximum Gasteiger partial charge on any atom is 0.211 e. The smallest absolute Gasteiger partial charge is 0.211 e. The van der Waals surface area contributed by atoms with E-state index >= 15 is 0 Å². The summed E-state index contributed by atoms with van der Waals surface area (Å²) in [5.41, 5.74) is 2.28. The molecule has 1 aliphatic heterocycles. The van der Waals surface area contributed by atoms with E-state index in [0.29, 0.717) is 13.0 Å². The van der Waals surface area contributed by atoms with Crippen LogP contribution in [0.1, 0.15) is 42.9 Å². The Morgan fingerprint density at radius 1 is 1.04 bits per heavy atom. The number of likely N-dealkylation sites (tertiary alicyclic amines) is 1. The van der Waals surface area contributed by atoms with Crippen LogP contribution in [0.3, 0.4) is 0 Å². The van der Waals surface area contributed by atoms with Crippen molar-refractivity contribution in [1.29, 1.82) is 0 Å². The van der Waals surface area contributed by atoms with Gasteiger partial charge < -0.3 is 0 Å². The first kappa shape index (κ1) is 19.5. The van der Waals surface area contributed by atoms with Crippen molar-refractivity contribution >= 4 is 21.4 Å². The van der Waals surface area contributed by atoms with Crippen molar-refractivity contribution in [2.45, 2.75) is 38.1 Å². The minimum absolute atomic E-state index is 0.130. The van der Waals surface area contributed by atoms with Gasteiger partial charge in [0.1, 0.15) is 0 Å². The number of nitrogens with zero attached hydrogens (tertiary/aromatic N) is 1. The highest BCUT2D eigenvalue weighted by Gasteiger charge is 2.23. The van der Waals surface area contributed by atoms with Crippen LogP contribution in [-0.4, -0.2) is 38.7 Å². The maximum absolute atomic E-state index is 12.5. The SMILES string of the molecule is O=S(=O)(CCc1ccccc1)NC[C@@H](c1ccsc1)N1CCCCCC1. The van der Waals surface area contributed by atoms with E-state index in [0.717, 1.165) is 18.7 Å². The van der Waals surface area contributed by atoms with Gasteiger partial charge in [-0.1, -0.05) is 43.2 Å². The van der Waals surface area contributed by atoms with E-state index in [9.17, 15) is 8.42 Å². The van der Waals surface area contributed by atoms with Gasteiger partial charge >= 0.3 is 0 Å². The molecule has 0 spiro atoms. The molecule has 1 aromatic carbocycles. The second-order valence-corrected chi connectivity index (χ2v) is 9.63. The molecule has 1 N–H and O–H groups in total. The second kappa shape index (κ2) is 9.65. The Labute approximate surface area is 161 Å². The van der Waals surface area contributed by atoms with Gasteiger partial charge in [-0.05, 0) is 60.3 Å². The van der Waals surface area contributed by atoms with Gasteiger partial charge in [-0.3, -0.25) is 4.90 Å². The number of hydrogen-bond donors (Lipinski definition) is 1. The summed E-state index contributed by atoms with van der Waals surface area (Å²) < 4.78 is 27.9. The molecule has 0 aliphatic carbocycles. The van der Waals surface area contributed by atoms with E-state index < -0.39 is 10.0 Å². The van der Waals surface area contributed by atoms with Crippen molar-refractivity contribution in [3.8, 4) is 0 Å². The van der Waals surface area contributed by atoms with E-state index in [1.165, 1.54) is 31.2 Å². The number of rotatable bonds is 8. The van der Waals surface area contributed by atoms with Gasteiger partial charge in [0.25, 0.3) is 0 Å². The number of hydrogen-bond acceptors (Lipinski definition) is 4. The first-order valence-corrected chi connectivity index (χ1v) is 12.0. The third-order valence-corrected chi connectivity index (χ3v) is 7.06. The van der Waals surface area contributed by atoms with Crippen LogP contribution < -0.4 is 4.72 Å². The fourth-order valence-electron chi connectivity index (χ4n) is 3.50. The van der Waals surface area contributed by atoms with Gasteiger partial charge in [-0.2, -0.15) is 11.3 Å². The van der Waals surface area contributed by atoms with Crippen molar-refractivity contribution in [3.63, 3.8) is 0 Å². The van der Waals surface area contributed by atoms with Gasteiger partial charge in [-0.25, -0.2) is 13.1 Å². The van der Waals surface area contributed by atoms with E-state index in [4.69, 9.17) is 0 Å². The third-order valence-electron chi connectivity index (χ3n) is 5.01. The van der Waals surface area contributed by atoms with Crippen LogP contribution in [0.25, 0.3) is 0 Å². The molecule has 0 amide bonds. The molecule has 1 saturated heterocycles. The Morgan fingerprint density at radius 2 is 1.77 bits per heavy atom. The Kier molecular flexibility index (Phi) is 7.25. The van der Waals surface area contributed by atoms with Crippen LogP contribution in [0.4, 0.5) is 0 Å². The lowest BCUT2D eigenvalue weighted by Crippen LogP contribution is -2.39. The summed E-state index contributed by atoms with van der Waals surface area (Å²) in [4.78, 5) is 2.45. The predicted octanol–water partition coefficient (Wildman–Crippen LogP) is 3.83. The zero-order chi connectivity index (χ0) is 18.2. The fourth-order valence-corrected chi connectivity index (χ4v) is 5.27. The first-order chi connectivity index (χ1) is 12.6. The molecule has 1 aliphatic rings. The zero-order valence-corrected chi connectivity index (χ0v) is 16.8. The van der Waals surface area contributed by atoms with Crippen molar-refractivity contribution in [1.82, 2.24) is 9.62 Å². The molecule has 0 bridgehead atoms. The molecule has 3 rings (SSSR count). The van der Waals surface area contributed by atoms with E-state index in [1.807, 2.05) is 30.3 Å². The lowest BCUT2D eigenvalue weighted by molar-refractivity contribution is 0.206. The molecule has 142 valence electrons. The topological polar surface area (TPSA) is 49.4 Å². The average Bonchev–Trinajstić information content (AvgIpc) is 3.04. The summed E-state index contributed by atoms with van der Waals surface area (Å²) in [5, 5.41) is 4.22. The van der Waals surface area contributed by atoms with Gasteiger partial charge in [0.15, 0.2) is 0 Å². The Morgan fingerprint density at radius 3 is 2.42 bits per heavy atom. The van der Waals surface area contributed by atoms with Crippen LogP contribution in [0.2, 0.25) is 0 Å². The molecule has 1 fully saturated rings. The fraction of sp³-hybridized carbons (Fsp3) is 0.500. The predicted molar refractivity (Wildman–Crippen MR) is 109 cm³/mol. The summed E-state index contributed by atoms with van der Waals surface area (Å²) in [5.74, 6) is 0.132. The quantitative estimate of drug-likeness (QED) is 0.743. The molecule has 0 unspecified atom stereocenters. The first-order valence-electron chi connectivity index (χ1n) is 9.41. The highest BCUT2D eigenvalue weighted by Crippen LogP contribution is 2.25. The minimum Gasteiger partial charge on any atom is -0.295 e. The maximum atomic E-state index is 12.5. The van der Waals surface area contributed by atoms with Crippen LogP contribution in [0.5, 0.6) is 0 Å². The van der Waals surface area contributed by atoms with E-state index in [-0.39, 0.29) is 11.8 Å². The normalized spacial score (nSPS) is 17.7. The summed E-state index contributed by atoms with van der Waals surface area (Å²) >= 11 is 1.67. The third kappa shape index (κ3) is 5.91. The van der Waals surface area contributed by atoms with Crippen LogP contribution in [0, 0.1) is 0 Å². The van der Waals surface area contributed by atoms with Crippen LogP contribution in [0.15, 0.2) is 47.2 Å². The minimum atomic E-state index is -3.29. The van der Waals surface area contributed by atoms with Gasteiger partial charge in [0, 0.05) is 12.6 Å². The van der Waals surface area contributed by atoms with Crippen molar-refractivity contribution in [2.24, 2.45) is 0 Å². The highest BCUT2D eigenvalue weighted by atomic mass is 32.2. The standard InChI is InChI=1S/C20H28N2O2S2/c23-26(24,15-11-18-8-4-3-5-9-18)21-16-20(19-10-14-25-17-19)22-12-6-1-2-7-13-22/h3-5,8-10,14,17,20-21H,1-2,6-7,11-13,15-16H2/t20-/m0/s1. The molecule has 4 nitrogen and oxygen atoms in total. The molecule has 0 saturated carbocycles. The average molecular weight is 393 g/mol. The van der Waals surface area contributed by atoms with Crippen LogP contribution >= 0.6 is 11.3 Å². The summed E-state index contributed by atoms with van der Waals surface area (Å²) in [6.07, 6.45) is 5.48. The molecule has 6 heteroatoms.